The molecular formula is C14H19FN2O2. The largest absolute Gasteiger partial charge is 0.491 e. The molecule has 104 valence electrons. The van der Waals surface area contributed by atoms with Gasteiger partial charge in [0.25, 0.3) is 0 Å². The van der Waals surface area contributed by atoms with Crippen LogP contribution in [0.4, 0.5) is 10.1 Å². The SMILES string of the molecule is CC(C(=O)Nc1cccc(OCCF)c1)C1CNC1. The number of carbonyl (C=O) groups is 1. The first-order valence-corrected chi connectivity index (χ1v) is 6.51. The van der Waals surface area contributed by atoms with Gasteiger partial charge in [0.15, 0.2) is 0 Å². The van der Waals surface area contributed by atoms with Crippen LogP contribution in [0.3, 0.4) is 0 Å². The van der Waals surface area contributed by atoms with E-state index in [0.29, 0.717) is 17.4 Å². The smallest absolute Gasteiger partial charge is 0.227 e. The van der Waals surface area contributed by atoms with Crippen molar-refractivity contribution in [3.05, 3.63) is 24.3 Å². The standard InChI is InChI=1S/C14H19FN2O2/c1-10(11-8-16-9-11)14(18)17-12-3-2-4-13(7-12)19-6-5-15/h2-4,7,10-11,16H,5-6,8-9H2,1H3,(H,17,18). The molecule has 1 aliphatic heterocycles. The van der Waals surface area contributed by atoms with Crippen LogP contribution in [0.5, 0.6) is 5.75 Å². The molecule has 0 aromatic heterocycles. The summed E-state index contributed by atoms with van der Waals surface area (Å²) in [6.07, 6.45) is 0. The Morgan fingerprint density at radius 3 is 3.00 bits per heavy atom. The van der Waals surface area contributed by atoms with E-state index in [1.54, 1.807) is 24.3 Å². The van der Waals surface area contributed by atoms with Gasteiger partial charge in [-0.3, -0.25) is 4.79 Å². The fourth-order valence-electron chi connectivity index (χ4n) is 1.95. The van der Waals surface area contributed by atoms with Gasteiger partial charge in [0.1, 0.15) is 19.0 Å². The number of hydrogen-bond acceptors (Lipinski definition) is 3. The Labute approximate surface area is 112 Å². The Morgan fingerprint density at radius 2 is 2.37 bits per heavy atom. The zero-order valence-corrected chi connectivity index (χ0v) is 11.0. The Morgan fingerprint density at radius 1 is 1.58 bits per heavy atom. The van der Waals surface area contributed by atoms with Gasteiger partial charge >= 0.3 is 0 Å². The number of nitrogens with one attached hydrogen (secondary N) is 2. The van der Waals surface area contributed by atoms with Crippen molar-refractivity contribution >= 4 is 11.6 Å². The third kappa shape index (κ3) is 3.67. The Hall–Kier alpha value is -1.62. The fraction of sp³-hybridized carbons (Fsp3) is 0.500. The summed E-state index contributed by atoms with van der Waals surface area (Å²) < 4.78 is 17.2. The Kier molecular flexibility index (Phi) is 4.74. The van der Waals surface area contributed by atoms with Gasteiger partial charge in [-0.25, -0.2) is 4.39 Å². The maximum absolute atomic E-state index is 12.0. The van der Waals surface area contributed by atoms with Crippen LogP contribution in [0.25, 0.3) is 0 Å². The van der Waals surface area contributed by atoms with Gasteiger partial charge in [0.2, 0.25) is 5.91 Å². The van der Waals surface area contributed by atoms with Crippen molar-refractivity contribution in [3.63, 3.8) is 0 Å². The van der Waals surface area contributed by atoms with E-state index in [-0.39, 0.29) is 18.4 Å². The van der Waals surface area contributed by atoms with Crippen LogP contribution in [0.2, 0.25) is 0 Å². The van der Waals surface area contributed by atoms with E-state index in [2.05, 4.69) is 10.6 Å². The molecule has 0 saturated carbocycles. The number of rotatable bonds is 6. The first kappa shape index (κ1) is 13.8. The molecule has 5 heteroatoms. The summed E-state index contributed by atoms with van der Waals surface area (Å²) >= 11 is 0. The predicted octanol–water partition coefficient (Wildman–Crippen LogP) is 1.83. The molecule has 0 radical (unpaired) electrons. The lowest BCUT2D eigenvalue weighted by Gasteiger charge is -2.31. The minimum Gasteiger partial charge on any atom is -0.491 e. The van der Waals surface area contributed by atoms with Crippen molar-refractivity contribution in [2.75, 3.05) is 31.7 Å². The lowest BCUT2D eigenvalue weighted by Crippen LogP contribution is -2.48. The van der Waals surface area contributed by atoms with Crippen LogP contribution in [-0.4, -0.2) is 32.3 Å². The summed E-state index contributed by atoms with van der Waals surface area (Å²) in [5, 5.41) is 6.02. The van der Waals surface area contributed by atoms with Crippen molar-refractivity contribution in [1.29, 1.82) is 0 Å². The van der Waals surface area contributed by atoms with Crippen LogP contribution in [0.15, 0.2) is 24.3 Å². The minimum absolute atomic E-state index is 0.00846. The van der Waals surface area contributed by atoms with E-state index >= 15 is 0 Å². The van der Waals surface area contributed by atoms with Crippen molar-refractivity contribution in [2.24, 2.45) is 11.8 Å². The average Bonchev–Trinajstić information content (AvgIpc) is 2.34. The normalized spacial score (nSPS) is 16.5. The molecule has 0 bridgehead atoms. The quantitative estimate of drug-likeness (QED) is 0.826. The molecule has 1 fully saturated rings. The summed E-state index contributed by atoms with van der Waals surface area (Å²) in [6, 6.07) is 7.02. The van der Waals surface area contributed by atoms with E-state index in [9.17, 15) is 9.18 Å². The molecule has 0 spiro atoms. The maximum atomic E-state index is 12.0. The second-order valence-electron chi connectivity index (χ2n) is 4.76. The van der Waals surface area contributed by atoms with Crippen LogP contribution in [-0.2, 0) is 4.79 Å². The molecule has 2 N–H and O–H groups in total. The van der Waals surface area contributed by atoms with Crippen LogP contribution < -0.4 is 15.4 Å². The van der Waals surface area contributed by atoms with E-state index in [1.807, 2.05) is 6.92 Å². The molecule has 2 rings (SSSR count). The zero-order valence-electron chi connectivity index (χ0n) is 11.0. The number of amides is 1. The number of anilines is 1. The van der Waals surface area contributed by atoms with E-state index in [4.69, 9.17) is 4.74 Å². The van der Waals surface area contributed by atoms with Gasteiger partial charge < -0.3 is 15.4 Å². The molecule has 1 amide bonds. The summed E-state index contributed by atoms with van der Waals surface area (Å²) in [6.45, 7) is 3.23. The molecule has 4 nitrogen and oxygen atoms in total. The molecule has 1 atom stereocenters. The fourth-order valence-corrected chi connectivity index (χ4v) is 1.95. The Bertz CT molecular complexity index is 435. The van der Waals surface area contributed by atoms with Crippen LogP contribution in [0.1, 0.15) is 6.92 Å². The average molecular weight is 266 g/mol. The second-order valence-corrected chi connectivity index (χ2v) is 4.76. The van der Waals surface area contributed by atoms with Gasteiger partial charge in [-0.05, 0) is 31.1 Å². The molecule has 19 heavy (non-hydrogen) atoms. The van der Waals surface area contributed by atoms with E-state index in [1.165, 1.54) is 0 Å². The monoisotopic (exact) mass is 266 g/mol. The van der Waals surface area contributed by atoms with Crippen molar-refractivity contribution in [1.82, 2.24) is 5.32 Å². The van der Waals surface area contributed by atoms with Gasteiger partial charge in [-0.1, -0.05) is 13.0 Å². The highest BCUT2D eigenvalue weighted by Crippen LogP contribution is 2.21. The topological polar surface area (TPSA) is 50.4 Å². The molecule has 1 aromatic carbocycles. The van der Waals surface area contributed by atoms with E-state index < -0.39 is 6.67 Å². The lowest BCUT2D eigenvalue weighted by molar-refractivity contribution is -0.121. The van der Waals surface area contributed by atoms with Gasteiger partial charge in [-0.2, -0.15) is 0 Å². The molecule has 1 aliphatic rings. The second kappa shape index (κ2) is 6.52. The zero-order chi connectivity index (χ0) is 13.7. The van der Waals surface area contributed by atoms with Crippen molar-refractivity contribution in [3.8, 4) is 5.75 Å². The number of carbonyl (C=O) groups excluding carboxylic acids is 1. The van der Waals surface area contributed by atoms with Crippen molar-refractivity contribution in [2.45, 2.75) is 6.92 Å². The number of hydrogen-bond donors (Lipinski definition) is 2. The minimum atomic E-state index is -0.525. The molecular weight excluding hydrogens is 247 g/mol. The third-order valence-electron chi connectivity index (χ3n) is 3.38. The van der Waals surface area contributed by atoms with Crippen LogP contribution >= 0.6 is 0 Å². The molecule has 0 aliphatic carbocycles. The van der Waals surface area contributed by atoms with Gasteiger partial charge in [0, 0.05) is 17.7 Å². The van der Waals surface area contributed by atoms with Gasteiger partial charge in [0.05, 0.1) is 0 Å². The number of ether oxygens (including phenoxy) is 1. The van der Waals surface area contributed by atoms with E-state index in [0.717, 1.165) is 13.1 Å². The number of halogens is 1. The molecule has 1 saturated heterocycles. The molecule has 1 heterocycles. The summed E-state index contributed by atoms with van der Waals surface area (Å²) in [7, 11) is 0. The third-order valence-corrected chi connectivity index (χ3v) is 3.38. The molecule has 1 unspecified atom stereocenters. The summed E-state index contributed by atoms with van der Waals surface area (Å²) in [4.78, 5) is 12.0. The molecule has 1 aromatic rings. The first-order valence-electron chi connectivity index (χ1n) is 6.51. The van der Waals surface area contributed by atoms with Crippen molar-refractivity contribution < 1.29 is 13.9 Å². The Balaban J connectivity index is 1.92. The van der Waals surface area contributed by atoms with Crippen LogP contribution in [0, 0.1) is 11.8 Å². The highest BCUT2D eigenvalue weighted by Gasteiger charge is 2.28. The first-order chi connectivity index (χ1) is 9.20. The lowest BCUT2D eigenvalue weighted by atomic mass is 9.88. The highest BCUT2D eigenvalue weighted by molar-refractivity contribution is 5.92. The summed E-state index contributed by atoms with van der Waals surface area (Å²) in [5.41, 5.74) is 0.681. The maximum Gasteiger partial charge on any atom is 0.227 e. The highest BCUT2D eigenvalue weighted by atomic mass is 19.1. The predicted molar refractivity (Wildman–Crippen MR) is 72.1 cm³/mol. The number of alkyl halides is 1. The summed E-state index contributed by atoms with van der Waals surface area (Å²) in [5.74, 6) is 0.963. The van der Waals surface area contributed by atoms with Gasteiger partial charge in [-0.15, -0.1) is 0 Å². The number of benzene rings is 1.